The van der Waals surface area contributed by atoms with Crippen LogP contribution < -0.4 is 0 Å². The number of hydrogen-bond donors (Lipinski definition) is 0. The predicted octanol–water partition coefficient (Wildman–Crippen LogP) is 2.60. The molecule has 1 fully saturated rings. The van der Waals surface area contributed by atoms with Gasteiger partial charge in [0.2, 0.25) is 0 Å². The first-order valence-corrected chi connectivity index (χ1v) is 6.70. The van der Waals surface area contributed by atoms with E-state index in [-0.39, 0.29) is 0 Å². The van der Waals surface area contributed by atoms with Crippen molar-refractivity contribution in [3.8, 4) is 0 Å². The average Bonchev–Trinajstić information content (AvgIpc) is 2.84. The highest BCUT2D eigenvalue weighted by atomic mass is 35.5. The molecule has 0 bridgehead atoms. The molecule has 0 amide bonds. The molecule has 3 nitrogen and oxygen atoms in total. The Morgan fingerprint density at radius 2 is 2.40 bits per heavy atom. The van der Waals surface area contributed by atoms with Crippen LogP contribution in [-0.4, -0.2) is 28.8 Å². The molecule has 2 heterocycles. The molecule has 1 aliphatic heterocycles. The van der Waals surface area contributed by atoms with Crippen LogP contribution in [0.2, 0.25) is 0 Å². The van der Waals surface area contributed by atoms with Crippen LogP contribution >= 0.6 is 22.9 Å². The molecule has 0 spiro atoms. The van der Waals surface area contributed by atoms with Crippen LogP contribution in [0.5, 0.6) is 0 Å². The van der Waals surface area contributed by atoms with Crippen LogP contribution in [-0.2, 0) is 11.2 Å². The standard InChI is InChI=1S/C10H15ClN2OS/c1-2-8-7(4-6-14-8)10-13-12-9(15-10)3-5-11/h7-8H,2-6H2,1H3. The number of alkyl halides is 1. The first kappa shape index (κ1) is 11.3. The molecule has 0 saturated carbocycles. The van der Waals surface area contributed by atoms with Crippen LogP contribution in [0.1, 0.15) is 35.7 Å². The van der Waals surface area contributed by atoms with Crippen molar-refractivity contribution in [2.24, 2.45) is 0 Å². The number of nitrogens with zero attached hydrogens (tertiary/aromatic N) is 2. The molecule has 5 heteroatoms. The fraction of sp³-hybridized carbons (Fsp3) is 0.800. The summed E-state index contributed by atoms with van der Waals surface area (Å²) in [5.74, 6) is 1.07. The first-order valence-electron chi connectivity index (χ1n) is 5.35. The molecule has 1 aliphatic rings. The molecule has 2 atom stereocenters. The zero-order chi connectivity index (χ0) is 10.7. The van der Waals surface area contributed by atoms with Crippen molar-refractivity contribution in [2.75, 3.05) is 12.5 Å². The summed E-state index contributed by atoms with van der Waals surface area (Å²) < 4.78 is 5.65. The third kappa shape index (κ3) is 2.49. The van der Waals surface area contributed by atoms with Gasteiger partial charge in [0.25, 0.3) is 0 Å². The third-order valence-electron chi connectivity index (χ3n) is 2.72. The van der Waals surface area contributed by atoms with Gasteiger partial charge in [0.1, 0.15) is 10.0 Å². The molecule has 0 aliphatic carbocycles. The summed E-state index contributed by atoms with van der Waals surface area (Å²) in [6.07, 6.45) is 3.29. The largest absolute Gasteiger partial charge is 0.377 e. The smallest absolute Gasteiger partial charge is 0.123 e. The van der Waals surface area contributed by atoms with Gasteiger partial charge in [-0.1, -0.05) is 6.92 Å². The van der Waals surface area contributed by atoms with E-state index < -0.39 is 0 Å². The molecule has 1 aromatic rings. The zero-order valence-electron chi connectivity index (χ0n) is 8.78. The van der Waals surface area contributed by atoms with Gasteiger partial charge in [-0.15, -0.1) is 33.1 Å². The molecular formula is C10H15ClN2OS. The van der Waals surface area contributed by atoms with Crippen LogP contribution in [0.25, 0.3) is 0 Å². The van der Waals surface area contributed by atoms with Crippen molar-refractivity contribution in [1.82, 2.24) is 10.2 Å². The van der Waals surface area contributed by atoms with E-state index >= 15 is 0 Å². The first-order chi connectivity index (χ1) is 7.35. The second-order valence-electron chi connectivity index (χ2n) is 3.69. The topological polar surface area (TPSA) is 35.0 Å². The summed E-state index contributed by atoms with van der Waals surface area (Å²) in [5, 5.41) is 10.6. The van der Waals surface area contributed by atoms with Crippen molar-refractivity contribution >= 4 is 22.9 Å². The summed E-state index contributed by atoms with van der Waals surface area (Å²) in [6, 6.07) is 0. The van der Waals surface area contributed by atoms with Crippen LogP contribution in [0.15, 0.2) is 0 Å². The average molecular weight is 247 g/mol. The number of hydrogen-bond acceptors (Lipinski definition) is 4. The second-order valence-corrected chi connectivity index (χ2v) is 5.16. The lowest BCUT2D eigenvalue weighted by Gasteiger charge is -2.12. The molecule has 0 radical (unpaired) electrons. The van der Waals surface area contributed by atoms with E-state index in [1.54, 1.807) is 11.3 Å². The number of aromatic nitrogens is 2. The Kier molecular flexibility index (Phi) is 3.94. The SMILES string of the molecule is CCC1OCCC1c1nnc(CCCl)s1. The normalized spacial score (nSPS) is 26.0. The van der Waals surface area contributed by atoms with Gasteiger partial charge in [-0.2, -0.15) is 0 Å². The third-order valence-corrected chi connectivity index (χ3v) is 4.02. The minimum absolute atomic E-state index is 0.335. The van der Waals surface area contributed by atoms with Crippen molar-refractivity contribution < 1.29 is 4.74 Å². The van der Waals surface area contributed by atoms with Crippen molar-refractivity contribution in [3.63, 3.8) is 0 Å². The van der Waals surface area contributed by atoms with E-state index in [1.807, 2.05) is 0 Å². The van der Waals surface area contributed by atoms with Crippen LogP contribution in [0, 0.1) is 0 Å². The Morgan fingerprint density at radius 3 is 3.13 bits per heavy atom. The van der Waals surface area contributed by atoms with Crippen LogP contribution in [0.4, 0.5) is 0 Å². The molecule has 15 heavy (non-hydrogen) atoms. The summed E-state index contributed by atoms with van der Waals surface area (Å²) in [6.45, 7) is 3.01. The molecule has 2 rings (SSSR count). The molecule has 84 valence electrons. The predicted molar refractivity (Wildman–Crippen MR) is 61.7 cm³/mol. The van der Waals surface area contributed by atoms with Gasteiger partial charge >= 0.3 is 0 Å². The summed E-state index contributed by atoms with van der Waals surface area (Å²) in [7, 11) is 0. The Balaban J connectivity index is 2.07. The maximum Gasteiger partial charge on any atom is 0.123 e. The summed E-state index contributed by atoms with van der Waals surface area (Å²) >= 11 is 7.36. The summed E-state index contributed by atoms with van der Waals surface area (Å²) in [5.41, 5.74) is 0. The van der Waals surface area contributed by atoms with Crippen LogP contribution in [0.3, 0.4) is 0 Å². The minimum Gasteiger partial charge on any atom is -0.377 e. The molecule has 1 aromatic heterocycles. The lowest BCUT2D eigenvalue weighted by Crippen LogP contribution is -2.12. The Labute approximate surface area is 98.8 Å². The van der Waals surface area contributed by atoms with Gasteiger partial charge in [0.15, 0.2) is 0 Å². The highest BCUT2D eigenvalue weighted by molar-refractivity contribution is 7.11. The molecular weight excluding hydrogens is 232 g/mol. The van der Waals surface area contributed by atoms with E-state index in [9.17, 15) is 0 Å². The number of ether oxygens (including phenoxy) is 1. The molecule has 1 saturated heterocycles. The van der Waals surface area contributed by atoms with Gasteiger partial charge in [0, 0.05) is 24.8 Å². The number of rotatable bonds is 4. The molecule has 0 N–H and O–H groups in total. The monoisotopic (exact) mass is 246 g/mol. The van der Waals surface area contributed by atoms with E-state index in [1.165, 1.54) is 0 Å². The van der Waals surface area contributed by atoms with Crippen molar-refractivity contribution in [2.45, 2.75) is 38.2 Å². The Hall–Kier alpha value is -0.190. The van der Waals surface area contributed by atoms with E-state index in [0.717, 1.165) is 35.9 Å². The van der Waals surface area contributed by atoms with Gasteiger partial charge in [-0.3, -0.25) is 0 Å². The highest BCUT2D eigenvalue weighted by Gasteiger charge is 2.30. The van der Waals surface area contributed by atoms with Crippen molar-refractivity contribution in [3.05, 3.63) is 10.0 Å². The number of aryl methyl sites for hydroxylation is 1. The molecule has 2 unspecified atom stereocenters. The lowest BCUT2D eigenvalue weighted by atomic mass is 10.0. The lowest BCUT2D eigenvalue weighted by molar-refractivity contribution is 0.100. The van der Waals surface area contributed by atoms with Crippen molar-refractivity contribution in [1.29, 1.82) is 0 Å². The van der Waals surface area contributed by atoms with Gasteiger partial charge < -0.3 is 4.74 Å². The van der Waals surface area contributed by atoms with E-state index in [0.29, 0.717) is 17.9 Å². The summed E-state index contributed by atoms with van der Waals surface area (Å²) in [4.78, 5) is 0. The zero-order valence-corrected chi connectivity index (χ0v) is 10.4. The van der Waals surface area contributed by atoms with Gasteiger partial charge in [-0.25, -0.2) is 0 Å². The molecule has 0 aromatic carbocycles. The number of halogens is 1. The highest BCUT2D eigenvalue weighted by Crippen LogP contribution is 2.34. The quantitative estimate of drug-likeness (QED) is 0.766. The minimum atomic E-state index is 0.335. The fourth-order valence-corrected chi connectivity index (χ4v) is 3.25. The van der Waals surface area contributed by atoms with Gasteiger partial charge in [0.05, 0.1) is 6.10 Å². The maximum absolute atomic E-state index is 5.68. The fourth-order valence-electron chi connectivity index (χ4n) is 1.93. The van der Waals surface area contributed by atoms with E-state index in [4.69, 9.17) is 16.3 Å². The van der Waals surface area contributed by atoms with E-state index in [2.05, 4.69) is 17.1 Å². The van der Waals surface area contributed by atoms with Gasteiger partial charge in [-0.05, 0) is 12.8 Å². The maximum atomic E-state index is 5.68. The Morgan fingerprint density at radius 1 is 1.53 bits per heavy atom. The second kappa shape index (κ2) is 5.23. The Bertz CT molecular complexity index is 318.